The highest BCUT2D eigenvalue weighted by atomic mass is 35.5. The van der Waals surface area contributed by atoms with Gasteiger partial charge in [0.15, 0.2) is 18.1 Å². The fourth-order valence-electron chi connectivity index (χ4n) is 2.78. The number of aryl methyl sites for hydroxylation is 2. The third kappa shape index (κ3) is 5.23. The van der Waals surface area contributed by atoms with Crippen LogP contribution in [0, 0.1) is 0 Å². The van der Waals surface area contributed by atoms with Crippen LogP contribution in [0.2, 0.25) is 5.02 Å². The molecule has 0 saturated heterocycles. The lowest BCUT2D eigenvalue weighted by Gasteiger charge is -2.16. The van der Waals surface area contributed by atoms with Gasteiger partial charge in [-0.1, -0.05) is 43.6 Å². The summed E-state index contributed by atoms with van der Waals surface area (Å²) in [7, 11) is 0. The summed E-state index contributed by atoms with van der Waals surface area (Å²) in [6, 6.07) is 9.01. The van der Waals surface area contributed by atoms with Gasteiger partial charge < -0.3 is 14.8 Å². The summed E-state index contributed by atoms with van der Waals surface area (Å²) in [5.41, 5.74) is 3.37. The van der Waals surface area contributed by atoms with Crippen molar-refractivity contribution >= 4 is 29.5 Å². The molecule has 2 aromatic rings. The first kappa shape index (κ1) is 20.8. The van der Waals surface area contributed by atoms with Crippen molar-refractivity contribution in [1.82, 2.24) is 0 Å². The maximum atomic E-state index is 12.4. The molecule has 0 saturated carbocycles. The minimum Gasteiger partial charge on any atom is -0.490 e. The molecule has 144 valence electrons. The Labute approximate surface area is 164 Å². The highest BCUT2D eigenvalue weighted by Gasteiger charge is 2.16. The lowest BCUT2D eigenvalue weighted by Crippen LogP contribution is -2.22. The number of para-hydroxylation sites is 1. The first-order chi connectivity index (χ1) is 13.0. The van der Waals surface area contributed by atoms with E-state index in [-0.39, 0.29) is 23.3 Å². The standard InChI is InChI=1S/C21H24ClNO4/c1-4-15-8-7-9-16(5-2)20(15)23-19(25)13-27-21-17(22)10-14(12-24)11-18(21)26-6-3/h7-12H,4-6,13H2,1-3H3,(H,23,25). The van der Waals surface area contributed by atoms with Crippen LogP contribution in [0.15, 0.2) is 30.3 Å². The van der Waals surface area contributed by atoms with E-state index in [1.165, 1.54) is 12.1 Å². The van der Waals surface area contributed by atoms with E-state index < -0.39 is 0 Å². The number of anilines is 1. The molecule has 0 spiro atoms. The van der Waals surface area contributed by atoms with Crippen LogP contribution in [0.4, 0.5) is 5.69 Å². The Morgan fingerprint density at radius 2 is 1.78 bits per heavy atom. The van der Waals surface area contributed by atoms with Crippen LogP contribution in [-0.4, -0.2) is 25.4 Å². The van der Waals surface area contributed by atoms with E-state index in [1.807, 2.05) is 39.0 Å². The van der Waals surface area contributed by atoms with Crippen LogP contribution in [0.1, 0.15) is 42.3 Å². The molecular formula is C21H24ClNO4. The molecule has 6 heteroatoms. The highest BCUT2D eigenvalue weighted by molar-refractivity contribution is 6.32. The number of amides is 1. The number of carbonyl (C=O) groups is 2. The fourth-order valence-corrected chi connectivity index (χ4v) is 3.05. The van der Waals surface area contributed by atoms with E-state index in [9.17, 15) is 9.59 Å². The molecular weight excluding hydrogens is 366 g/mol. The largest absolute Gasteiger partial charge is 0.490 e. The zero-order valence-corrected chi connectivity index (χ0v) is 16.6. The third-order valence-electron chi connectivity index (χ3n) is 4.08. The second-order valence-electron chi connectivity index (χ2n) is 5.88. The molecule has 1 N–H and O–H groups in total. The van der Waals surface area contributed by atoms with Gasteiger partial charge in [0.25, 0.3) is 5.91 Å². The number of aldehydes is 1. The van der Waals surface area contributed by atoms with Crippen LogP contribution in [0.5, 0.6) is 11.5 Å². The summed E-state index contributed by atoms with van der Waals surface area (Å²) < 4.78 is 11.1. The van der Waals surface area contributed by atoms with Crippen molar-refractivity contribution in [2.75, 3.05) is 18.5 Å². The van der Waals surface area contributed by atoms with Gasteiger partial charge in [0, 0.05) is 11.3 Å². The number of carbonyl (C=O) groups excluding carboxylic acids is 2. The Bertz CT molecular complexity index is 798. The van der Waals surface area contributed by atoms with Gasteiger partial charge in [0.2, 0.25) is 0 Å². The molecule has 0 unspecified atom stereocenters. The van der Waals surface area contributed by atoms with Crippen molar-refractivity contribution in [2.45, 2.75) is 33.6 Å². The van der Waals surface area contributed by atoms with Crippen LogP contribution >= 0.6 is 11.6 Å². The Balaban J connectivity index is 2.16. The predicted molar refractivity (Wildman–Crippen MR) is 107 cm³/mol. The average molecular weight is 390 g/mol. The van der Waals surface area contributed by atoms with E-state index in [2.05, 4.69) is 5.32 Å². The summed E-state index contributed by atoms with van der Waals surface area (Å²) in [5.74, 6) is 0.297. The number of halogens is 1. The maximum absolute atomic E-state index is 12.4. The van der Waals surface area contributed by atoms with E-state index >= 15 is 0 Å². The van der Waals surface area contributed by atoms with Crippen molar-refractivity contribution in [3.05, 3.63) is 52.0 Å². The average Bonchev–Trinajstić information content (AvgIpc) is 2.67. The zero-order valence-electron chi connectivity index (χ0n) is 15.8. The number of benzene rings is 2. The van der Waals surface area contributed by atoms with Gasteiger partial charge in [-0.15, -0.1) is 0 Å². The van der Waals surface area contributed by atoms with Gasteiger partial charge >= 0.3 is 0 Å². The molecule has 0 aromatic heterocycles. The predicted octanol–water partition coefficient (Wildman–Crippen LogP) is 4.69. The number of hydrogen-bond acceptors (Lipinski definition) is 4. The summed E-state index contributed by atoms with van der Waals surface area (Å²) in [6.07, 6.45) is 2.31. The van der Waals surface area contributed by atoms with Crippen molar-refractivity contribution in [2.24, 2.45) is 0 Å². The molecule has 0 heterocycles. The van der Waals surface area contributed by atoms with Crippen LogP contribution in [-0.2, 0) is 17.6 Å². The molecule has 2 aromatic carbocycles. The number of rotatable bonds is 9. The molecule has 5 nitrogen and oxygen atoms in total. The van der Waals surface area contributed by atoms with Gasteiger partial charge in [-0.25, -0.2) is 0 Å². The molecule has 0 fully saturated rings. The Morgan fingerprint density at radius 1 is 1.11 bits per heavy atom. The molecule has 2 rings (SSSR count). The SMILES string of the molecule is CCOc1cc(C=O)cc(Cl)c1OCC(=O)Nc1c(CC)cccc1CC. The van der Waals surface area contributed by atoms with Crippen molar-refractivity contribution in [3.63, 3.8) is 0 Å². The fraction of sp³-hybridized carbons (Fsp3) is 0.333. The Hall–Kier alpha value is -2.53. The highest BCUT2D eigenvalue weighted by Crippen LogP contribution is 2.36. The molecule has 27 heavy (non-hydrogen) atoms. The van der Waals surface area contributed by atoms with Crippen molar-refractivity contribution in [1.29, 1.82) is 0 Å². The van der Waals surface area contributed by atoms with Gasteiger partial charge in [-0.2, -0.15) is 0 Å². The van der Waals surface area contributed by atoms with Crippen molar-refractivity contribution in [3.8, 4) is 11.5 Å². The molecule has 0 bridgehead atoms. The lowest BCUT2D eigenvalue weighted by atomic mass is 10.0. The van der Waals surface area contributed by atoms with Gasteiger partial charge in [-0.3, -0.25) is 9.59 Å². The second kappa shape index (κ2) is 9.97. The zero-order chi connectivity index (χ0) is 19.8. The molecule has 0 radical (unpaired) electrons. The molecule has 0 atom stereocenters. The second-order valence-corrected chi connectivity index (χ2v) is 6.28. The van der Waals surface area contributed by atoms with E-state index in [0.29, 0.717) is 24.2 Å². The normalized spacial score (nSPS) is 10.4. The number of ether oxygens (including phenoxy) is 2. The third-order valence-corrected chi connectivity index (χ3v) is 4.36. The Morgan fingerprint density at radius 3 is 2.33 bits per heavy atom. The van der Waals surface area contributed by atoms with Gasteiger partial charge in [0.05, 0.1) is 11.6 Å². The minimum absolute atomic E-state index is 0.221. The van der Waals surface area contributed by atoms with E-state index in [1.54, 1.807) is 0 Å². The molecule has 0 aliphatic rings. The lowest BCUT2D eigenvalue weighted by molar-refractivity contribution is -0.118. The van der Waals surface area contributed by atoms with E-state index in [4.69, 9.17) is 21.1 Å². The van der Waals surface area contributed by atoms with E-state index in [0.717, 1.165) is 29.7 Å². The van der Waals surface area contributed by atoms with Gasteiger partial charge in [-0.05, 0) is 43.0 Å². The van der Waals surface area contributed by atoms with Crippen LogP contribution in [0.3, 0.4) is 0 Å². The number of hydrogen-bond donors (Lipinski definition) is 1. The van der Waals surface area contributed by atoms with Gasteiger partial charge in [0.1, 0.15) is 6.29 Å². The summed E-state index contributed by atoms with van der Waals surface area (Å²) in [4.78, 5) is 23.4. The van der Waals surface area contributed by atoms with Crippen LogP contribution < -0.4 is 14.8 Å². The maximum Gasteiger partial charge on any atom is 0.262 e. The summed E-state index contributed by atoms with van der Waals surface area (Å²) >= 11 is 6.19. The topological polar surface area (TPSA) is 64.6 Å². The number of nitrogens with one attached hydrogen (secondary N) is 1. The minimum atomic E-state index is -0.288. The molecule has 0 aliphatic carbocycles. The quantitative estimate of drug-likeness (QED) is 0.631. The van der Waals surface area contributed by atoms with Crippen LogP contribution in [0.25, 0.3) is 0 Å². The Kier molecular flexibility index (Phi) is 7.67. The van der Waals surface area contributed by atoms with Crippen molar-refractivity contribution < 1.29 is 19.1 Å². The first-order valence-corrected chi connectivity index (χ1v) is 9.36. The molecule has 0 aliphatic heterocycles. The smallest absolute Gasteiger partial charge is 0.262 e. The summed E-state index contributed by atoms with van der Waals surface area (Å²) in [5, 5.41) is 3.16. The molecule has 1 amide bonds. The monoisotopic (exact) mass is 389 g/mol. The summed E-state index contributed by atoms with van der Waals surface area (Å²) in [6.45, 7) is 6.06. The first-order valence-electron chi connectivity index (χ1n) is 8.98.